The van der Waals surface area contributed by atoms with Crippen LogP contribution in [-0.2, 0) is 0 Å². The van der Waals surface area contributed by atoms with E-state index in [0.29, 0.717) is 16.3 Å². The number of nitrogens with zero attached hydrogens (tertiary/aromatic N) is 3. The first kappa shape index (κ1) is 24.0. The largest absolute Gasteiger partial charge is 0.507 e. The first-order chi connectivity index (χ1) is 16.4. The average molecular weight is 480 g/mol. The standard InChI is InChI=1S/C26H30ClN5O2/c1-31-11-13-32(14-12-31)10-4-9-29-25-17-19(20-5-2-3-6-22(20)27)16-23(30-25)18-7-8-24(33)21(15-18)26(28)34/h2-3,5-8,15-17,33H,4,9-14H2,1H3,(H2,28,34)(H,29,30). The number of aromatic hydroxyl groups is 1. The number of nitrogens with two attached hydrogens (primary N) is 1. The van der Waals surface area contributed by atoms with Gasteiger partial charge in [0.2, 0.25) is 0 Å². The highest BCUT2D eigenvalue weighted by molar-refractivity contribution is 6.33. The van der Waals surface area contributed by atoms with Gasteiger partial charge >= 0.3 is 0 Å². The molecule has 0 bridgehead atoms. The number of primary amides is 1. The second kappa shape index (κ2) is 10.9. The van der Waals surface area contributed by atoms with Crippen molar-refractivity contribution in [3.8, 4) is 28.1 Å². The second-order valence-corrected chi connectivity index (χ2v) is 9.03. The van der Waals surface area contributed by atoms with E-state index < -0.39 is 5.91 Å². The van der Waals surface area contributed by atoms with E-state index in [0.717, 1.165) is 62.6 Å². The van der Waals surface area contributed by atoms with Gasteiger partial charge in [-0.05, 0) is 62.0 Å². The molecular formula is C26H30ClN5O2. The lowest BCUT2D eigenvalue weighted by Gasteiger charge is -2.32. The van der Waals surface area contributed by atoms with E-state index in [1.54, 1.807) is 12.1 Å². The Hall–Kier alpha value is -3.13. The molecule has 4 rings (SSSR count). The highest BCUT2D eigenvalue weighted by Gasteiger charge is 2.15. The number of nitrogens with one attached hydrogen (secondary N) is 1. The van der Waals surface area contributed by atoms with E-state index >= 15 is 0 Å². The van der Waals surface area contributed by atoms with Crippen LogP contribution in [0.2, 0.25) is 5.02 Å². The summed E-state index contributed by atoms with van der Waals surface area (Å²) >= 11 is 6.48. The molecule has 0 spiro atoms. The number of pyridine rings is 1. The molecule has 8 heteroatoms. The number of hydrogen-bond acceptors (Lipinski definition) is 6. The van der Waals surface area contributed by atoms with Crippen LogP contribution in [0.1, 0.15) is 16.8 Å². The van der Waals surface area contributed by atoms with Gasteiger partial charge in [0.25, 0.3) is 5.91 Å². The van der Waals surface area contributed by atoms with Crippen molar-refractivity contribution < 1.29 is 9.90 Å². The van der Waals surface area contributed by atoms with E-state index in [1.807, 2.05) is 36.4 Å². The normalized spacial score (nSPS) is 14.8. The lowest BCUT2D eigenvalue weighted by Crippen LogP contribution is -2.44. The van der Waals surface area contributed by atoms with Crippen LogP contribution < -0.4 is 11.1 Å². The molecule has 1 aliphatic heterocycles. The van der Waals surface area contributed by atoms with Gasteiger partial charge < -0.3 is 26.0 Å². The average Bonchev–Trinajstić information content (AvgIpc) is 2.83. The van der Waals surface area contributed by atoms with Crippen molar-refractivity contribution in [3.63, 3.8) is 0 Å². The summed E-state index contributed by atoms with van der Waals surface area (Å²) < 4.78 is 0. The smallest absolute Gasteiger partial charge is 0.252 e. The van der Waals surface area contributed by atoms with Crippen LogP contribution in [0.5, 0.6) is 5.75 Å². The van der Waals surface area contributed by atoms with E-state index in [1.165, 1.54) is 6.07 Å². The fraction of sp³-hybridized carbons (Fsp3) is 0.308. The number of hydrogen-bond donors (Lipinski definition) is 3. The van der Waals surface area contributed by atoms with Crippen molar-refractivity contribution in [3.05, 3.63) is 65.2 Å². The summed E-state index contributed by atoms with van der Waals surface area (Å²) in [6.07, 6.45) is 1.00. The first-order valence-electron chi connectivity index (χ1n) is 11.5. The topological polar surface area (TPSA) is 94.7 Å². The number of likely N-dealkylation sites (N-methyl/N-ethyl adjacent to an activating group) is 1. The molecule has 0 unspecified atom stereocenters. The molecule has 0 saturated carbocycles. The number of carbonyl (C=O) groups is 1. The molecule has 0 aliphatic carbocycles. The Bertz CT molecular complexity index is 1160. The molecule has 0 radical (unpaired) electrons. The Kier molecular flexibility index (Phi) is 7.67. The summed E-state index contributed by atoms with van der Waals surface area (Å²) in [4.78, 5) is 21.4. The number of halogens is 1. The number of aromatic nitrogens is 1. The van der Waals surface area contributed by atoms with Crippen LogP contribution in [0, 0.1) is 0 Å². The van der Waals surface area contributed by atoms with Crippen LogP contribution >= 0.6 is 11.6 Å². The number of carbonyl (C=O) groups excluding carboxylic acids is 1. The Morgan fingerprint density at radius 1 is 1.09 bits per heavy atom. The SMILES string of the molecule is CN1CCN(CCCNc2cc(-c3ccccc3Cl)cc(-c3ccc(O)c(C(N)=O)c3)n2)CC1. The van der Waals surface area contributed by atoms with Crippen molar-refractivity contribution in [1.29, 1.82) is 0 Å². The fourth-order valence-electron chi connectivity index (χ4n) is 4.10. The minimum atomic E-state index is -0.691. The molecular weight excluding hydrogens is 450 g/mol. The summed E-state index contributed by atoms with van der Waals surface area (Å²) in [5.41, 5.74) is 8.62. The predicted molar refractivity (Wildman–Crippen MR) is 137 cm³/mol. The van der Waals surface area contributed by atoms with Gasteiger partial charge in [-0.2, -0.15) is 0 Å². The summed E-state index contributed by atoms with van der Waals surface area (Å²) in [6.45, 7) is 6.24. The van der Waals surface area contributed by atoms with E-state index in [-0.39, 0.29) is 11.3 Å². The molecule has 3 aromatic rings. The Balaban J connectivity index is 1.57. The first-order valence-corrected chi connectivity index (χ1v) is 11.8. The van der Waals surface area contributed by atoms with Crippen molar-refractivity contribution in [2.75, 3.05) is 51.6 Å². The molecule has 178 valence electrons. The third-order valence-corrected chi connectivity index (χ3v) is 6.45. The number of anilines is 1. The Labute approximate surface area is 205 Å². The van der Waals surface area contributed by atoms with Crippen molar-refractivity contribution >= 4 is 23.3 Å². The zero-order chi connectivity index (χ0) is 24.1. The lowest BCUT2D eigenvalue weighted by molar-refractivity contribution is 0.0998. The van der Waals surface area contributed by atoms with Crippen LogP contribution in [-0.4, -0.2) is 72.1 Å². The maximum absolute atomic E-state index is 11.7. The third kappa shape index (κ3) is 5.86. The molecule has 1 saturated heterocycles. The third-order valence-electron chi connectivity index (χ3n) is 6.12. The molecule has 4 N–H and O–H groups in total. The van der Waals surface area contributed by atoms with Crippen LogP contribution in [0.15, 0.2) is 54.6 Å². The van der Waals surface area contributed by atoms with Crippen molar-refractivity contribution in [1.82, 2.24) is 14.8 Å². The van der Waals surface area contributed by atoms with Crippen LogP contribution in [0.25, 0.3) is 22.4 Å². The summed E-state index contributed by atoms with van der Waals surface area (Å²) in [7, 11) is 2.16. The van der Waals surface area contributed by atoms with Gasteiger partial charge in [0, 0.05) is 48.9 Å². The monoisotopic (exact) mass is 479 g/mol. The van der Waals surface area contributed by atoms with Gasteiger partial charge in [0.05, 0.1) is 11.3 Å². The van der Waals surface area contributed by atoms with E-state index in [2.05, 4.69) is 22.2 Å². The van der Waals surface area contributed by atoms with Gasteiger partial charge in [-0.15, -0.1) is 0 Å². The molecule has 2 heterocycles. The van der Waals surface area contributed by atoms with E-state index in [9.17, 15) is 9.90 Å². The number of amides is 1. The van der Waals surface area contributed by atoms with Crippen molar-refractivity contribution in [2.24, 2.45) is 5.73 Å². The van der Waals surface area contributed by atoms with Crippen molar-refractivity contribution in [2.45, 2.75) is 6.42 Å². The second-order valence-electron chi connectivity index (χ2n) is 8.63. The molecule has 0 atom stereocenters. The number of phenols is 1. The maximum Gasteiger partial charge on any atom is 0.252 e. The van der Waals surface area contributed by atoms with Crippen LogP contribution in [0.3, 0.4) is 0 Å². The van der Waals surface area contributed by atoms with E-state index in [4.69, 9.17) is 22.3 Å². The molecule has 1 amide bonds. The highest BCUT2D eigenvalue weighted by atomic mass is 35.5. The van der Waals surface area contributed by atoms with Gasteiger partial charge in [-0.25, -0.2) is 4.98 Å². The fourth-order valence-corrected chi connectivity index (χ4v) is 4.35. The maximum atomic E-state index is 11.7. The summed E-state index contributed by atoms with van der Waals surface area (Å²) in [5, 5.41) is 14.1. The lowest BCUT2D eigenvalue weighted by atomic mass is 10.0. The van der Waals surface area contributed by atoms with Gasteiger partial charge in [0.1, 0.15) is 11.6 Å². The molecule has 34 heavy (non-hydrogen) atoms. The molecule has 2 aromatic carbocycles. The zero-order valence-electron chi connectivity index (χ0n) is 19.3. The molecule has 1 aliphatic rings. The minimum Gasteiger partial charge on any atom is -0.507 e. The highest BCUT2D eigenvalue weighted by Crippen LogP contribution is 2.33. The number of rotatable bonds is 8. The zero-order valence-corrected chi connectivity index (χ0v) is 20.1. The molecule has 1 aromatic heterocycles. The summed E-state index contributed by atoms with van der Waals surface area (Å²) in [6, 6.07) is 16.3. The van der Waals surface area contributed by atoms with Gasteiger partial charge in [-0.3, -0.25) is 4.79 Å². The van der Waals surface area contributed by atoms with Gasteiger partial charge in [0.15, 0.2) is 0 Å². The Morgan fingerprint density at radius 2 is 1.85 bits per heavy atom. The minimum absolute atomic E-state index is 0.0594. The number of benzene rings is 2. The Morgan fingerprint density at radius 3 is 2.59 bits per heavy atom. The molecule has 7 nitrogen and oxygen atoms in total. The van der Waals surface area contributed by atoms with Crippen LogP contribution in [0.4, 0.5) is 5.82 Å². The summed E-state index contributed by atoms with van der Waals surface area (Å²) in [5.74, 6) is -0.121. The predicted octanol–water partition coefficient (Wildman–Crippen LogP) is 3.92. The quantitative estimate of drug-likeness (QED) is 0.424. The molecule has 1 fully saturated rings. The van der Waals surface area contributed by atoms with Gasteiger partial charge in [-0.1, -0.05) is 29.8 Å². The number of piperazine rings is 1.